The zero-order valence-corrected chi connectivity index (χ0v) is 13.0. The van der Waals surface area contributed by atoms with Crippen molar-refractivity contribution in [1.82, 2.24) is 19.7 Å². The van der Waals surface area contributed by atoms with Crippen LogP contribution in [0.15, 0.2) is 40.0 Å². The summed E-state index contributed by atoms with van der Waals surface area (Å²) in [7, 11) is -3.78. The van der Waals surface area contributed by atoms with Crippen LogP contribution in [0.4, 0.5) is 0 Å². The van der Waals surface area contributed by atoms with Gasteiger partial charge in [0.05, 0.1) is 23.2 Å². The molecule has 8 nitrogen and oxygen atoms in total. The van der Waals surface area contributed by atoms with Crippen molar-refractivity contribution in [3.8, 4) is 0 Å². The van der Waals surface area contributed by atoms with Crippen molar-refractivity contribution in [3.05, 3.63) is 40.6 Å². The van der Waals surface area contributed by atoms with E-state index in [1.165, 1.54) is 23.0 Å². The third kappa shape index (κ3) is 3.86. The fourth-order valence-electron chi connectivity index (χ4n) is 1.57. The van der Waals surface area contributed by atoms with Crippen molar-refractivity contribution < 1.29 is 18.3 Å². The van der Waals surface area contributed by atoms with Crippen LogP contribution >= 0.6 is 15.9 Å². The molecule has 2 aromatic rings. The minimum absolute atomic E-state index is 0.110. The largest absolute Gasteiger partial charge is 0.478 e. The van der Waals surface area contributed by atoms with Gasteiger partial charge >= 0.3 is 5.97 Å². The summed E-state index contributed by atoms with van der Waals surface area (Å²) in [6, 6.07) is 3.81. The summed E-state index contributed by atoms with van der Waals surface area (Å²) >= 11 is 3.06. The second kappa shape index (κ2) is 6.33. The number of rotatable bonds is 6. The molecule has 112 valence electrons. The van der Waals surface area contributed by atoms with Gasteiger partial charge in [-0.1, -0.05) is 5.21 Å². The number of hydrogen-bond acceptors (Lipinski definition) is 5. The fraction of sp³-hybridized carbons (Fsp3) is 0.182. The molecule has 0 radical (unpaired) electrons. The maximum atomic E-state index is 12.1. The first-order valence-corrected chi connectivity index (χ1v) is 8.04. The Morgan fingerprint density at radius 2 is 2.19 bits per heavy atom. The molecular weight excluding hydrogens is 364 g/mol. The van der Waals surface area contributed by atoms with Crippen LogP contribution < -0.4 is 4.72 Å². The summed E-state index contributed by atoms with van der Waals surface area (Å²) in [5, 5.41) is 16.3. The molecule has 0 aliphatic rings. The molecule has 10 heteroatoms. The molecule has 0 bridgehead atoms. The van der Waals surface area contributed by atoms with E-state index < -0.39 is 16.0 Å². The Bertz CT molecular complexity index is 746. The number of hydrogen-bond donors (Lipinski definition) is 2. The maximum absolute atomic E-state index is 12.1. The number of aromatic nitrogens is 3. The van der Waals surface area contributed by atoms with Crippen LogP contribution in [-0.2, 0) is 16.6 Å². The Hall–Kier alpha value is -1.78. The first kappa shape index (κ1) is 15.6. The first-order valence-electron chi connectivity index (χ1n) is 5.77. The Labute approximate surface area is 129 Å². The fourth-order valence-corrected chi connectivity index (χ4v) is 3.03. The summed E-state index contributed by atoms with van der Waals surface area (Å²) < 4.78 is 28.3. The van der Waals surface area contributed by atoms with Gasteiger partial charge in [-0.15, -0.1) is 5.10 Å². The smallest absolute Gasteiger partial charge is 0.336 e. The summed E-state index contributed by atoms with van der Waals surface area (Å²) in [6.07, 6.45) is 3.10. The van der Waals surface area contributed by atoms with Crippen molar-refractivity contribution >= 4 is 31.9 Å². The monoisotopic (exact) mass is 374 g/mol. The first-order chi connectivity index (χ1) is 9.90. The molecule has 0 saturated heterocycles. The summed E-state index contributed by atoms with van der Waals surface area (Å²) in [5.41, 5.74) is -0.117. The van der Waals surface area contributed by atoms with Gasteiger partial charge in [-0.05, 0) is 34.1 Å². The lowest BCUT2D eigenvalue weighted by Gasteiger charge is -2.08. The zero-order chi connectivity index (χ0) is 15.5. The number of halogens is 1. The van der Waals surface area contributed by atoms with Gasteiger partial charge in [-0.25, -0.2) is 17.9 Å². The number of sulfonamides is 1. The number of benzene rings is 1. The highest BCUT2D eigenvalue weighted by Gasteiger charge is 2.17. The number of carbonyl (C=O) groups is 1. The average molecular weight is 375 g/mol. The van der Waals surface area contributed by atoms with Crippen LogP contribution in [0.2, 0.25) is 0 Å². The van der Waals surface area contributed by atoms with E-state index in [0.29, 0.717) is 11.0 Å². The van der Waals surface area contributed by atoms with Gasteiger partial charge in [0.25, 0.3) is 0 Å². The highest BCUT2D eigenvalue weighted by molar-refractivity contribution is 9.10. The Kier molecular flexibility index (Phi) is 4.70. The number of nitrogens with zero attached hydrogens (tertiary/aromatic N) is 3. The lowest BCUT2D eigenvalue weighted by molar-refractivity contribution is 0.0695. The number of carboxylic acids is 1. The molecular formula is C11H11BrN4O4S. The number of aromatic carboxylic acids is 1. The molecule has 0 atom stereocenters. The van der Waals surface area contributed by atoms with Gasteiger partial charge in [-0.2, -0.15) is 0 Å². The SMILES string of the molecule is O=C(O)c1cc(S(=O)(=O)NCCn2ccnn2)ccc1Br. The molecule has 0 aliphatic carbocycles. The van der Waals surface area contributed by atoms with Gasteiger partial charge in [0, 0.05) is 17.2 Å². The second-order valence-corrected chi connectivity index (χ2v) is 6.63. The predicted octanol–water partition coefficient (Wildman–Crippen LogP) is 0.717. The van der Waals surface area contributed by atoms with Gasteiger partial charge < -0.3 is 5.11 Å². The molecule has 21 heavy (non-hydrogen) atoms. The van der Waals surface area contributed by atoms with E-state index in [0.717, 1.165) is 6.07 Å². The highest BCUT2D eigenvalue weighted by Crippen LogP contribution is 2.20. The van der Waals surface area contributed by atoms with E-state index in [2.05, 4.69) is 31.0 Å². The molecule has 1 aromatic heterocycles. The lowest BCUT2D eigenvalue weighted by atomic mass is 10.2. The third-order valence-corrected chi connectivity index (χ3v) is 4.73. The summed E-state index contributed by atoms with van der Waals surface area (Å²) in [4.78, 5) is 10.9. The average Bonchev–Trinajstić information content (AvgIpc) is 2.91. The molecule has 0 aliphatic heterocycles. The molecule has 0 saturated carbocycles. The number of nitrogens with one attached hydrogen (secondary N) is 1. The van der Waals surface area contributed by atoms with Crippen molar-refractivity contribution in [1.29, 1.82) is 0 Å². The quantitative estimate of drug-likeness (QED) is 0.769. The number of carboxylic acid groups (broad SMARTS) is 1. The molecule has 0 amide bonds. The molecule has 2 N–H and O–H groups in total. The Morgan fingerprint density at radius 1 is 1.43 bits per heavy atom. The van der Waals surface area contributed by atoms with Gasteiger partial charge in [-0.3, -0.25) is 4.68 Å². The third-order valence-electron chi connectivity index (χ3n) is 2.58. The second-order valence-electron chi connectivity index (χ2n) is 4.01. The summed E-state index contributed by atoms with van der Waals surface area (Å²) in [5.74, 6) is -1.21. The highest BCUT2D eigenvalue weighted by atomic mass is 79.9. The van der Waals surface area contributed by atoms with E-state index in [4.69, 9.17) is 5.11 Å². The Morgan fingerprint density at radius 3 is 2.81 bits per heavy atom. The van der Waals surface area contributed by atoms with Crippen LogP contribution in [0.25, 0.3) is 0 Å². The van der Waals surface area contributed by atoms with Crippen LogP contribution in [0, 0.1) is 0 Å². The van der Waals surface area contributed by atoms with Gasteiger partial charge in [0.2, 0.25) is 10.0 Å². The van der Waals surface area contributed by atoms with Crippen molar-refractivity contribution in [2.45, 2.75) is 11.4 Å². The van der Waals surface area contributed by atoms with E-state index in [9.17, 15) is 13.2 Å². The van der Waals surface area contributed by atoms with Gasteiger partial charge in [0.15, 0.2) is 0 Å². The molecule has 1 heterocycles. The predicted molar refractivity (Wildman–Crippen MR) is 76.3 cm³/mol. The van der Waals surface area contributed by atoms with E-state index in [1.807, 2.05) is 0 Å². The Balaban J connectivity index is 2.12. The molecule has 0 unspecified atom stereocenters. The van der Waals surface area contributed by atoms with Crippen molar-refractivity contribution in [3.63, 3.8) is 0 Å². The van der Waals surface area contributed by atoms with Gasteiger partial charge in [0.1, 0.15) is 0 Å². The minimum Gasteiger partial charge on any atom is -0.478 e. The molecule has 2 rings (SSSR count). The van der Waals surface area contributed by atoms with Crippen molar-refractivity contribution in [2.75, 3.05) is 6.54 Å². The van der Waals surface area contributed by atoms with Crippen molar-refractivity contribution in [2.24, 2.45) is 0 Å². The maximum Gasteiger partial charge on any atom is 0.336 e. The lowest BCUT2D eigenvalue weighted by Crippen LogP contribution is -2.27. The molecule has 1 aromatic carbocycles. The topological polar surface area (TPSA) is 114 Å². The van der Waals surface area contributed by atoms with Crippen LogP contribution in [-0.4, -0.2) is 41.0 Å². The zero-order valence-electron chi connectivity index (χ0n) is 10.6. The van der Waals surface area contributed by atoms with E-state index >= 15 is 0 Å². The van der Waals surface area contributed by atoms with Crippen LogP contribution in [0.5, 0.6) is 0 Å². The molecule has 0 spiro atoms. The standard InChI is InChI=1S/C11H11BrN4O4S/c12-10-2-1-8(7-9(10)11(17)18)21(19,20)14-4-6-16-5-3-13-15-16/h1-3,5,7,14H,4,6H2,(H,17,18). The van der Waals surface area contributed by atoms with E-state index in [-0.39, 0.29) is 17.0 Å². The summed E-state index contributed by atoms with van der Waals surface area (Å²) in [6.45, 7) is 0.436. The van der Waals surface area contributed by atoms with Crippen LogP contribution in [0.1, 0.15) is 10.4 Å². The van der Waals surface area contributed by atoms with Crippen LogP contribution in [0.3, 0.4) is 0 Å². The normalized spacial score (nSPS) is 11.5. The molecule has 0 fully saturated rings. The minimum atomic E-state index is -3.78. The van der Waals surface area contributed by atoms with E-state index in [1.54, 1.807) is 6.20 Å².